The van der Waals surface area contributed by atoms with Crippen molar-refractivity contribution in [2.24, 2.45) is 0 Å². The topological polar surface area (TPSA) is 98.4 Å². The number of aryl methyl sites for hydroxylation is 2. The van der Waals surface area contributed by atoms with Crippen molar-refractivity contribution in [1.29, 1.82) is 0 Å². The summed E-state index contributed by atoms with van der Waals surface area (Å²) >= 11 is 0. The molecule has 3 heterocycles. The van der Waals surface area contributed by atoms with E-state index in [1.165, 1.54) is 6.07 Å². The van der Waals surface area contributed by atoms with Crippen LogP contribution in [0.5, 0.6) is 5.75 Å². The maximum Gasteiger partial charge on any atom is 0.337 e. The Labute approximate surface area is 294 Å². The molecule has 2 aromatic carbocycles. The first-order valence-electron chi connectivity index (χ1n) is 17.1. The fraction of sp³-hybridized carbons (Fsp3) is 0.425. The molecule has 5 rings (SSSR count). The number of carbonyl (C=O) groups is 1. The number of carboxylic acids is 1. The first-order chi connectivity index (χ1) is 23.6. The van der Waals surface area contributed by atoms with Crippen LogP contribution in [0.25, 0.3) is 28.0 Å². The number of piperidine rings is 1. The van der Waals surface area contributed by atoms with E-state index < -0.39 is 17.7 Å². The third kappa shape index (κ3) is 7.92. The SMILES string of the molecule is C=CCOC1(C)CCN(c2c(C(OC(C)(C)C)C(=O)O)c(C)nc3cc(-c4cccc(-c5ccc(F)c(C)c5)c4O[C@@H](C)CC=C)nn23)CC1. The van der Waals surface area contributed by atoms with Crippen LogP contribution in [0.2, 0.25) is 0 Å². The predicted octanol–water partition coefficient (Wildman–Crippen LogP) is 8.66. The third-order valence-corrected chi connectivity index (χ3v) is 9.01. The maximum atomic E-state index is 14.3. The molecule has 1 N–H and O–H groups in total. The van der Waals surface area contributed by atoms with Crippen LogP contribution in [0.3, 0.4) is 0 Å². The number of benzene rings is 2. The summed E-state index contributed by atoms with van der Waals surface area (Å²) in [5.74, 6) is -0.169. The molecule has 1 unspecified atom stereocenters. The summed E-state index contributed by atoms with van der Waals surface area (Å²) in [5, 5.41) is 15.7. The molecule has 266 valence electrons. The van der Waals surface area contributed by atoms with Gasteiger partial charge in [-0.25, -0.2) is 14.2 Å². The number of anilines is 1. The molecule has 0 radical (unpaired) electrons. The van der Waals surface area contributed by atoms with Crippen LogP contribution in [0.1, 0.15) is 76.8 Å². The van der Waals surface area contributed by atoms with E-state index in [-0.39, 0.29) is 17.5 Å². The lowest BCUT2D eigenvalue weighted by Crippen LogP contribution is -2.45. The number of fused-ring (bicyclic) bond motifs is 1. The van der Waals surface area contributed by atoms with Gasteiger partial charge in [0.25, 0.3) is 0 Å². The second-order valence-corrected chi connectivity index (χ2v) is 14.3. The molecular weight excluding hydrogens is 635 g/mol. The molecule has 1 saturated heterocycles. The molecule has 4 aromatic rings. The van der Waals surface area contributed by atoms with E-state index in [2.05, 4.69) is 25.0 Å². The van der Waals surface area contributed by atoms with Crippen molar-refractivity contribution in [2.75, 3.05) is 24.6 Å². The summed E-state index contributed by atoms with van der Waals surface area (Å²) in [6.07, 6.45) is 4.12. The Morgan fingerprint density at radius 3 is 2.42 bits per heavy atom. The zero-order valence-electron chi connectivity index (χ0n) is 30.3. The summed E-state index contributed by atoms with van der Waals surface area (Å²) in [6.45, 7) is 22.5. The van der Waals surface area contributed by atoms with Crippen molar-refractivity contribution in [1.82, 2.24) is 14.6 Å². The van der Waals surface area contributed by atoms with Gasteiger partial charge < -0.3 is 24.2 Å². The lowest BCUT2D eigenvalue weighted by Gasteiger charge is -2.41. The number of halogens is 1. The van der Waals surface area contributed by atoms with Crippen molar-refractivity contribution in [2.45, 2.75) is 91.1 Å². The van der Waals surface area contributed by atoms with E-state index in [4.69, 9.17) is 24.3 Å². The number of nitrogens with zero attached hydrogens (tertiary/aromatic N) is 4. The van der Waals surface area contributed by atoms with Crippen LogP contribution in [0.15, 0.2) is 67.8 Å². The summed E-state index contributed by atoms with van der Waals surface area (Å²) in [5.41, 5.74) is 3.91. The van der Waals surface area contributed by atoms with E-state index in [9.17, 15) is 14.3 Å². The number of hydrogen-bond donors (Lipinski definition) is 1. The van der Waals surface area contributed by atoms with Gasteiger partial charge >= 0.3 is 5.97 Å². The van der Waals surface area contributed by atoms with Crippen molar-refractivity contribution in [3.05, 3.63) is 90.4 Å². The molecule has 1 aliphatic heterocycles. The fourth-order valence-electron chi connectivity index (χ4n) is 6.43. The van der Waals surface area contributed by atoms with E-state index in [1.54, 1.807) is 23.6 Å². The van der Waals surface area contributed by atoms with Crippen LogP contribution in [0.4, 0.5) is 10.2 Å². The minimum atomic E-state index is -1.29. The molecule has 2 aromatic heterocycles. The van der Waals surface area contributed by atoms with Crippen LogP contribution >= 0.6 is 0 Å². The minimum Gasteiger partial charge on any atom is -0.489 e. The minimum absolute atomic E-state index is 0.203. The molecule has 1 fully saturated rings. The first-order valence-corrected chi connectivity index (χ1v) is 17.1. The number of aromatic nitrogens is 3. The quantitative estimate of drug-likeness (QED) is 0.140. The molecule has 10 heteroatoms. The lowest BCUT2D eigenvalue weighted by atomic mass is 9.92. The summed E-state index contributed by atoms with van der Waals surface area (Å²) in [4.78, 5) is 20.0. The monoisotopic (exact) mass is 684 g/mol. The highest BCUT2D eigenvalue weighted by atomic mass is 19.1. The Balaban J connectivity index is 1.72. The number of aliphatic carboxylic acids is 1. The lowest BCUT2D eigenvalue weighted by molar-refractivity contribution is -0.160. The number of ether oxygens (including phenoxy) is 3. The molecule has 0 aliphatic carbocycles. The molecule has 0 amide bonds. The van der Waals surface area contributed by atoms with Gasteiger partial charge in [0.1, 0.15) is 17.4 Å². The zero-order valence-corrected chi connectivity index (χ0v) is 30.3. The molecule has 0 spiro atoms. The van der Waals surface area contributed by atoms with Gasteiger partial charge in [-0.05, 0) is 90.6 Å². The van der Waals surface area contributed by atoms with Gasteiger partial charge in [0.15, 0.2) is 11.8 Å². The second-order valence-electron chi connectivity index (χ2n) is 14.3. The Morgan fingerprint density at radius 1 is 1.10 bits per heavy atom. The third-order valence-electron chi connectivity index (χ3n) is 9.01. The molecule has 2 atom stereocenters. The van der Waals surface area contributed by atoms with E-state index in [0.29, 0.717) is 78.7 Å². The van der Waals surface area contributed by atoms with Crippen molar-refractivity contribution >= 4 is 17.4 Å². The number of carboxylic acid groups (broad SMARTS) is 1. The van der Waals surface area contributed by atoms with Crippen LogP contribution < -0.4 is 9.64 Å². The number of para-hydroxylation sites is 1. The van der Waals surface area contributed by atoms with Gasteiger partial charge in [-0.2, -0.15) is 9.61 Å². The molecular formula is C40H49FN4O5. The number of rotatable bonds is 13. The van der Waals surface area contributed by atoms with Gasteiger partial charge in [-0.15, -0.1) is 13.2 Å². The largest absolute Gasteiger partial charge is 0.489 e. The molecule has 9 nitrogen and oxygen atoms in total. The van der Waals surface area contributed by atoms with E-state index in [1.807, 2.05) is 71.0 Å². The summed E-state index contributed by atoms with van der Waals surface area (Å²) in [6, 6.07) is 12.7. The van der Waals surface area contributed by atoms with Gasteiger partial charge in [0.05, 0.1) is 35.2 Å². The van der Waals surface area contributed by atoms with Crippen LogP contribution in [-0.4, -0.2) is 62.7 Å². The van der Waals surface area contributed by atoms with Gasteiger partial charge in [0.2, 0.25) is 0 Å². The Bertz CT molecular complexity index is 1890. The maximum absolute atomic E-state index is 14.3. The highest BCUT2D eigenvalue weighted by Crippen LogP contribution is 2.42. The highest BCUT2D eigenvalue weighted by molar-refractivity contribution is 5.83. The van der Waals surface area contributed by atoms with Gasteiger partial charge in [0, 0.05) is 42.4 Å². The first kappa shape index (κ1) is 36.7. The predicted molar refractivity (Wildman–Crippen MR) is 195 cm³/mol. The second kappa shape index (κ2) is 14.7. The Kier molecular flexibility index (Phi) is 10.8. The standard InChI is InChI=1S/C40H49FN4O5/c1-10-13-26(4)49-35-29(28-16-17-31(41)25(3)23-28)14-12-15-30(35)32-24-33-42-27(5)34(36(38(46)47)50-39(6,7)8)37(45(33)43-32)44-20-18-40(9,19-21-44)48-22-11-2/h10-12,14-17,23-24,26,36H,1-2,13,18-22H2,3-9H3,(H,46,47)/t26-,36?/m0/s1. The molecule has 0 saturated carbocycles. The van der Waals surface area contributed by atoms with E-state index in [0.717, 1.165) is 16.7 Å². The van der Waals surface area contributed by atoms with Crippen LogP contribution in [0, 0.1) is 19.7 Å². The Morgan fingerprint density at radius 2 is 1.80 bits per heavy atom. The summed E-state index contributed by atoms with van der Waals surface area (Å²) < 4.78 is 35.0. The Hall–Kier alpha value is -4.54. The van der Waals surface area contributed by atoms with Gasteiger partial charge in [-0.1, -0.05) is 30.4 Å². The highest BCUT2D eigenvalue weighted by Gasteiger charge is 2.38. The average Bonchev–Trinajstić information content (AvgIpc) is 3.47. The summed E-state index contributed by atoms with van der Waals surface area (Å²) in [7, 11) is 0. The van der Waals surface area contributed by atoms with Crippen molar-refractivity contribution < 1.29 is 28.5 Å². The number of hydrogen-bond acceptors (Lipinski definition) is 7. The van der Waals surface area contributed by atoms with E-state index >= 15 is 0 Å². The van der Waals surface area contributed by atoms with Crippen molar-refractivity contribution in [3.8, 4) is 28.1 Å². The van der Waals surface area contributed by atoms with Crippen molar-refractivity contribution in [3.63, 3.8) is 0 Å². The molecule has 50 heavy (non-hydrogen) atoms. The average molecular weight is 685 g/mol. The molecule has 0 bridgehead atoms. The fourth-order valence-corrected chi connectivity index (χ4v) is 6.43. The normalized spacial score (nSPS) is 15.9. The molecule has 1 aliphatic rings. The van der Waals surface area contributed by atoms with Gasteiger partial charge in [-0.3, -0.25) is 0 Å². The smallest absolute Gasteiger partial charge is 0.337 e. The zero-order chi connectivity index (χ0) is 36.4. The van der Waals surface area contributed by atoms with Crippen LogP contribution in [-0.2, 0) is 14.3 Å².